The lowest BCUT2D eigenvalue weighted by molar-refractivity contribution is 0.672. The minimum absolute atomic E-state index is 0.892. The summed E-state index contributed by atoms with van der Waals surface area (Å²) in [6.45, 7) is 0. The minimum Gasteiger partial charge on any atom is -0.455 e. The third-order valence-corrected chi connectivity index (χ3v) is 16.7. The summed E-state index contributed by atoms with van der Waals surface area (Å²) >= 11 is 0. The van der Waals surface area contributed by atoms with Crippen molar-refractivity contribution < 1.29 is 4.42 Å². The first-order valence-electron chi connectivity index (χ1n) is 20.3. The Morgan fingerprint density at radius 2 is 0.881 bits per heavy atom. The second-order valence-electron chi connectivity index (χ2n) is 15.3. The molecule has 0 aliphatic rings. The second-order valence-corrected chi connectivity index (χ2v) is 19.1. The molecule has 0 saturated heterocycles. The Balaban J connectivity index is 1.17. The fraction of sp³-hybridized carbons (Fsp3) is 0. The summed E-state index contributed by atoms with van der Waals surface area (Å²) in [4.78, 5) is 2.43. The van der Waals surface area contributed by atoms with Gasteiger partial charge in [0.1, 0.15) is 11.2 Å². The van der Waals surface area contributed by atoms with E-state index >= 15 is 0 Å². The summed E-state index contributed by atoms with van der Waals surface area (Å²) in [5.74, 6) is 0. The standard InChI is InChI=1S/C56H39NOSi/c1-4-17-40(18-5-1)42-21-16-22-45(37-42)57(54-39-53-51-28-14-15-30-55(51)58-56(53)52-29-13-12-27-50(52)54)44-32-35-48(36-33-44)59(46-23-6-2-7-24-46,47-25-8-3-9-26-47)49-34-31-41-19-10-11-20-43(41)38-49/h1-39H. The van der Waals surface area contributed by atoms with Crippen LogP contribution >= 0.6 is 0 Å². The summed E-state index contributed by atoms with van der Waals surface area (Å²) in [5.41, 5.74) is 7.42. The van der Waals surface area contributed by atoms with Crippen LogP contribution in [0.5, 0.6) is 0 Å². The number of rotatable bonds is 8. The highest BCUT2D eigenvalue weighted by Gasteiger charge is 2.41. The zero-order valence-corrected chi connectivity index (χ0v) is 33.4. The molecule has 0 aliphatic carbocycles. The Kier molecular flexibility index (Phi) is 8.53. The first kappa shape index (κ1) is 34.8. The molecule has 0 atom stereocenters. The van der Waals surface area contributed by atoms with Crippen molar-refractivity contribution in [1.29, 1.82) is 0 Å². The third-order valence-electron chi connectivity index (χ3n) is 12.0. The maximum atomic E-state index is 6.58. The summed E-state index contributed by atoms with van der Waals surface area (Å²) in [6, 6.07) is 86.6. The van der Waals surface area contributed by atoms with Crippen LogP contribution in [-0.2, 0) is 0 Å². The van der Waals surface area contributed by atoms with E-state index in [1.807, 2.05) is 6.07 Å². The van der Waals surface area contributed by atoms with Crippen molar-refractivity contribution in [3.05, 3.63) is 237 Å². The molecule has 3 heteroatoms. The van der Waals surface area contributed by atoms with Crippen LogP contribution in [0.4, 0.5) is 17.1 Å². The van der Waals surface area contributed by atoms with E-state index in [9.17, 15) is 0 Å². The zero-order valence-electron chi connectivity index (χ0n) is 32.4. The van der Waals surface area contributed by atoms with E-state index in [0.717, 1.165) is 49.8 Å². The van der Waals surface area contributed by atoms with E-state index in [-0.39, 0.29) is 0 Å². The zero-order chi connectivity index (χ0) is 39.2. The van der Waals surface area contributed by atoms with Crippen LogP contribution in [0.25, 0.3) is 54.6 Å². The van der Waals surface area contributed by atoms with Crippen molar-refractivity contribution in [3.63, 3.8) is 0 Å². The van der Waals surface area contributed by atoms with E-state index in [1.54, 1.807) is 0 Å². The molecular formula is C56H39NOSi. The highest BCUT2D eigenvalue weighted by atomic mass is 28.3. The molecule has 0 aliphatic heterocycles. The van der Waals surface area contributed by atoms with Gasteiger partial charge in [-0.1, -0.05) is 200 Å². The molecule has 0 fully saturated rings. The maximum Gasteiger partial charge on any atom is 0.179 e. The summed E-state index contributed by atoms with van der Waals surface area (Å²) in [5, 5.41) is 12.3. The SMILES string of the molecule is c1ccc(-c2cccc(N(c3ccc([Si](c4ccccc4)(c4ccccc4)c4ccc5ccccc5c4)cc3)c3cc4c5ccccc5oc4c4ccccc34)c2)cc1. The van der Waals surface area contributed by atoms with Crippen LogP contribution in [0, 0.1) is 0 Å². The number of hydrogen-bond donors (Lipinski definition) is 0. The Bertz CT molecular complexity index is 3230. The molecule has 278 valence electrons. The van der Waals surface area contributed by atoms with Crippen LogP contribution in [0.3, 0.4) is 0 Å². The van der Waals surface area contributed by atoms with Gasteiger partial charge in [-0.15, -0.1) is 0 Å². The molecule has 0 bridgehead atoms. The van der Waals surface area contributed by atoms with E-state index in [4.69, 9.17) is 4.42 Å². The second kappa shape index (κ2) is 14.5. The van der Waals surface area contributed by atoms with Crippen LogP contribution in [0.1, 0.15) is 0 Å². The number of furan rings is 1. The molecule has 1 aromatic heterocycles. The fourth-order valence-electron chi connectivity index (χ4n) is 9.25. The number of benzene rings is 10. The molecule has 1 heterocycles. The average molecular weight is 770 g/mol. The molecule has 0 spiro atoms. The Hall–Kier alpha value is -7.46. The normalized spacial score (nSPS) is 11.7. The molecule has 2 nitrogen and oxygen atoms in total. The van der Waals surface area contributed by atoms with Crippen molar-refractivity contribution in [2.24, 2.45) is 0 Å². The number of nitrogens with zero attached hydrogens (tertiary/aromatic N) is 1. The Morgan fingerprint density at radius 1 is 0.322 bits per heavy atom. The van der Waals surface area contributed by atoms with Gasteiger partial charge in [0.15, 0.2) is 8.07 Å². The topological polar surface area (TPSA) is 16.4 Å². The summed E-state index contributed by atoms with van der Waals surface area (Å²) < 4.78 is 6.58. The smallest absolute Gasteiger partial charge is 0.179 e. The van der Waals surface area contributed by atoms with Crippen LogP contribution in [0.15, 0.2) is 241 Å². The first-order valence-corrected chi connectivity index (χ1v) is 22.3. The quantitative estimate of drug-likeness (QED) is 0.113. The van der Waals surface area contributed by atoms with E-state index < -0.39 is 8.07 Å². The Labute approximate surface area is 344 Å². The van der Waals surface area contributed by atoms with E-state index in [2.05, 4.69) is 235 Å². The van der Waals surface area contributed by atoms with Crippen molar-refractivity contribution in [2.45, 2.75) is 0 Å². The molecular weight excluding hydrogens is 731 g/mol. The lowest BCUT2D eigenvalue weighted by Crippen LogP contribution is -2.74. The summed E-state index contributed by atoms with van der Waals surface area (Å²) in [6.07, 6.45) is 0. The molecule has 59 heavy (non-hydrogen) atoms. The summed E-state index contributed by atoms with van der Waals surface area (Å²) in [7, 11) is -2.82. The van der Waals surface area contributed by atoms with Crippen LogP contribution in [0.2, 0.25) is 0 Å². The maximum absolute atomic E-state index is 6.58. The molecule has 11 rings (SSSR count). The molecule has 0 saturated carbocycles. The van der Waals surface area contributed by atoms with Gasteiger partial charge in [0.05, 0.1) is 5.69 Å². The van der Waals surface area contributed by atoms with E-state index in [1.165, 1.54) is 42.6 Å². The van der Waals surface area contributed by atoms with Gasteiger partial charge < -0.3 is 9.32 Å². The highest BCUT2D eigenvalue weighted by molar-refractivity contribution is 7.20. The van der Waals surface area contributed by atoms with Gasteiger partial charge in [-0.25, -0.2) is 0 Å². The third kappa shape index (κ3) is 5.86. The monoisotopic (exact) mass is 769 g/mol. The molecule has 0 unspecified atom stereocenters. The van der Waals surface area contributed by atoms with Gasteiger partial charge in [0.2, 0.25) is 0 Å². The number of fused-ring (bicyclic) bond motifs is 6. The molecule has 11 aromatic rings. The van der Waals surface area contributed by atoms with Crippen molar-refractivity contribution in [2.75, 3.05) is 4.90 Å². The largest absolute Gasteiger partial charge is 0.455 e. The van der Waals surface area contributed by atoms with Gasteiger partial charge in [-0.05, 0) is 79.0 Å². The van der Waals surface area contributed by atoms with Crippen LogP contribution in [-0.4, -0.2) is 8.07 Å². The fourth-order valence-corrected chi connectivity index (χ4v) is 14.0. The lowest BCUT2D eigenvalue weighted by atomic mass is 10.0. The van der Waals surface area contributed by atoms with Gasteiger partial charge in [-0.3, -0.25) is 0 Å². The molecule has 0 amide bonds. The van der Waals surface area contributed by atoms with Crippen molar-refractivity contribution >= 4 is 89.4 Å². The first-order chi connectivity index (χ1) is 29.3. The molecule has 0 radical (unpaired) electrons. The number of hydrogen-bond acceptors (Lipinski definition) is 2. The van der Waals surface area contributed by atoms with Gasteiger partial charge in [0.25, 0.3) is 0 Å². The van der Waals surface area contributed by atoms with Crippen LogP contribution < -0.4 is 25.6 Å². The Morgan fingerprint density at radius 3 is 1.61 bits per heavy atom. The number of para-hydroxylation sites is 1. The number of anilines is 3. The lowest BCUT2D eigenvalue weighted by Gasteiger charge is -2.35. The molecule has 10 aromatic carbocycles. The molecule has 0 N–H and O–H groups in total. The average Bonchev–Trinajstić information content (AvgIpc) is 3.70. The van der Waals surface area contributed by atoms with Crippen molar-refractivity contribution in [3.8, 4) is 11.1 Å². The highest BCUT2D eigenvalue weighted by Crippen LogP contribution is 2.45. The van der Waals surface area contributed by atoms with Gasteiger partial charge in [-0.2, -0.15) is 0 Å². The van der Waals surface area contributed by atoms with Gasteiger partial charge >= 0.3 is 0 Å². The predicted molar refractivity (Wildman–Crippen MR) is 252 cm³/mol. The predicted octanol–water partition coefficient (Wildman–Crippen LogP) is 12.4. The van der Waals surface area contributed by atoms with Gasteiger partial charge in [0, 0.05) is 32.9 Å². The minimum atomic E-state index is -2.82. The van der Waals surface area contributed by atoms with Crippen molar-refractivity contribution in [1.82, 2.24) is 0 Å². The van der Waals surface area contributed by atoms with E-state index in [0.29, 0.717) is 0 Å².